The molecule has 6 heteroatoms. The van der Waals surface area contributed by atoms with Crippen LogP contribution in [0.15, 0.2) is 12.1 Å². The van der Waals surface area contributed by atoms with E-state index in [4.69, 9.17) is 15.0 Å². The van der Waals surface area contributed by atoms with Crippen LogP contribution in [0.5, 0.6) is 0 Å². The minimum absolute atomic E-state index is 0.121. The molecule has 0 atom stereocenters. The molecule has 1 aliphatic heterocycles. The number of hydrogen-bond donors (Lipinski definition) is 1. The summed E-state index contributed by atoms with van der Waals surface area (Å²) in [5.74, 6) is -0.758. The maximum atomic E-state index is 14.1. The molecule has 4 nitrogen and oxygen atoms in total. The second-order valence-electron chi connectivity index (χ2n) is 6.11. The largest absolute Gasteiger partial charge is 0.497 e. The second-order valence-corrected chi connectivity index (χ2v) is 6.11. The fraction of sp³-hybridized carbons (Fsp3) is 0.500. The fourth-order valence-corrected chi connectivity index (χ4v) is 2.06. The smallest absolute Gasteiger partial charge is 0.399 e. The van der Waals surface area contributed by atoms with Gasteiger partial charge in [-0.15, -0.1) is 0 Å². The van der Waals surface area contributed by atoms with Crippen LogP contribution >= 0.6 is 0 Å². The van der Waals surface area contributed by atoms with E-state index >= 15 is 0 Å². The van der Waals surface area contributed by atoms with Crippen LogP contribution in [0.2, 0.25) is 0 Å². The summed E-state index contributed by atoms with van der Waals surface area (Å²) < 4.78 is 25.7. The van der Waals surface area contributed by atoms with Crippen molar-refractivity contribution in [3.63, 3.8) is 0 Å². The molecule has 0 amide bonds. The first kappa shape index (κ1) is 15.0. The van der Waals surface area contributed by atoms with E-state index in [1.165, 1.54) is 13.0 Å². The van der Waals surface area contributed by atoms with Gasteiger partial charge in [-0.1, -0.05) is 0 Å². The van der Waals surface area contributed by atoms with Gasteiger partial charge in [0.2, 0.25) is 0 Å². The molecule has 108 valence electrons. The van der Waals surface area contributed by atoms with Crippen LogP contribution in [0.4, 0.5) is 10.1 Å². The Morgan fingerprint density at radius 2 is 1.70 bits per heavy atom. The van der Waals surface area contributed by atoms with Gasteiger partial charge in [0, 0.05) is 16.7 Å². The van der Waals surface area contributed by atoms with E-state index < -0.39 is 24.1 Å². The molecule has 0 unspecified atom stereocenters. The number of Topliss-reactive ketones (excluding diaryl/α,β-unsaturated/α-hetero) is 1. The lowest BCUT2D eigenvalue weighted by Crippen LogP contribution is -2.41. The van der Waals surface area contributed by atoms with Gasteiger partial charge < -0.3 is 15.0 Å². The van der Waals surface area contributed by atoms with Gasteiger partial charge in [-0.2, -0.15) is 0 Å². The van der Waals surface area contributed by atoms with Gasteiger partial charge in [0.15, 0.2) is 5.78 Å². The summed E-state index contributed by atoms with van der Waals surface area (Å²) in [6.07, 6.45) is 0. The van der Waals surface area contributed by atoms with Gasteiger partial charge in [0.05, 0.1) is 11.2 Å². The Bertz CT molecular complexity index is 556. The number of hydrogen-bond acceptors (Lipinski definition) is 4. The Morgan fingerprint density at radius 1 is 1.20 bits per heavy atom. The third-order valence-corrected chi connectivity index (χ3v) is 4.06. The average molecular weight is 279 g/mol. The molecule has 0 saturated carbocycles. The van der Waals surface area contributed by atoms with Gasteiger partial charge in [-0.3, -0.25) is 4.79 Å². The third-order valence-electron chi connectivity index (χ3n) is 4.06. The summed E-state index contributed by atoms with van der Waals surface area (Å²) in [4.78, 5) is 11.5. The number of benzene rings is 1. The molecule has 1 saturated heterocycles. The number of rotatable bonds is 2. The standard InChI is InChI=1S/C14H19BFNO3/c1-8(18)9-6-10(11(16)7-12(9)17)15-19-13(2,3)14(4,5)20-15/h6-7H,17H2,1-5H3. The Labute approximate surface area is 118 Å². The van der Waals surface area contributed by atoms with Crippen molar-refractivity contribution in [3.8, 4) is 0 Å². The maximum Gasteiger partial charge on any atom is 0.497 e. The van der Waals surface area contributed by atoms with Crippen molar-refractivity contribution in [3.05, 3.63) is 23.5 Å². The molecule has 1 heterocycles. The highest BCUT2D eigenvalue weighted by Gasteiger charge is 2.52. The molecule has 0 aliphatic carbocycles. The lowest BCUT2D eigenvalue weighted by molar-refractivity contribution is 0.00578. The predicted molar refractivity (Wildman–Crippen MR) is 76.5 cm³/mol. The molecule has 0 spiro atoms. The summed E-state index contributed by atoms with van der Waals surface area (Å²) in [6, 6.07) is 2.55. The van der Waals surface area contributed by atoms with E-state index in [0.717, 1.165) is 6.07 Å². The first-order valence-corrected chi connectivity index (χ1v) is 6.50. The molecule has 0 aromatic heterocycles. The lowest BCUT2D eigenvalue weighted by atomic mass is 9.77. The lowest BCUT2D eigenvalue weighted by Gasteiger charge is -2.32. The highest BCUT2D eigenvalue weighted by atomic mass is 19.1. The highest BCUT2D eigenvalue weighted by Crippen LogP contribution is 2.36. The van der Waals surface area contributed by atoms with Gasteiger partial charge in [0.1, 0.15) is 5.82 Å². The summed E-state index contributed by atoms with van der Waals surface area (Å²) >= 11 is 0. The number of carbonyl (C=O) groups excluding carboxylic acids is 1. The predicted octanol–water partition coefficient (Wildman–Crippen LogP) is 1.91. The Kier molecular flexibility index (Phi) is 3.43. The first-order chi connectivity index (χ1) is 9.05. The maximum absolute atomic E-state index is 14.1. The van der Waals surface area contributed by atoms with Gasteiger partial charge in [-0.05, 0) is 46.8 Å². The van der Waals surface area contributed by atoms with Crippen LogP contribution in [0.3, 0.4) is 0 Å². The number of nitrogens with two attached hydrogens (primary N) is 1. The zero-order chi connectivity index (χ0) is 15.3. The van der Waals surface area contributed by atoms with Gasteiger partial charge in [-0.25, -0.2) is 4.39 Å². The van der Waals surface area contributed by atoms with Crippen LogP contribution in [0.1, 0.15) is 45.0 Å². The van der Waals surface area contributed by atoms with E-state index in [0.29, 0.717) is 0 Å². The van der Waals surface area contributed by atoms with Crippen LogP contribution in [-0.4, -0.2) is 24.1 Å². The summed E-state index contributed by atoms with van der Waals surface area (Å²) in [6.45, 7) is 8.92. The van der Waals surface area contributed by atoms with E-state index in [1.807, 2.05) is 27.7 Å². The summed E-state index contributed by atoms with van der Waals surface area (Å²) in [5, 5.41) is 0. The molecule has 1 aliphatic rings. The van der Waals surface area contributed by atoms with Crippen molar-refractivity contribution >= 4 is 24.1 Å². The van der Waals surface area contributed by atoms with E-state index in [9.17, 15) is 9.18 Å². The van der Waals surface area contributed by atoms with Crippen molar-refractivity contribution in [2.75, 3.05) is 5.73 Å². The zero-order valence-corrected chi connectivity index (χ0v) is 12.4. The number of halogens is 1. The Balaban J connectivity index is 2.45. The fourth-order valence-electron chi connectivity index (χ4n) is 2.06. The monoisotopic (exact) mass is 279 g/mol. The molecule has 2 N–H and O–H groups in total. The molecule has 0 bridgehead atoms. The van der Waals surface area contributed by atoms with Crippen LogP contribution in [-0.2, 0) is 9.31 Å². The normalized spacial score (nSPS) is 20.2. The Morgan fingerprint density at radius 3 is 2.15 bits per heavy atom. The van der Waals surface area contributed by atoms with Crippen molar-refractivity contribution in [1.29, 1.82) is 0 Å². The SMILES string of the molecule is CC(=O)c1cc(B2OC(C)(C)C(C)(C)O2)c(F)cc1N. The van der Waals surface area contributed by atoms with Crippen molar-refractivity contribution in [2.24, 2.45) is 0 Å². The number of nitrogen functional groups attached to an aromatic ring is 1. The molecule has 1 fully saturated rings. The molecule has 1 aromatic carbocycles. The topological polar surface area (TPSA) is 61.5 Å². The third kappa shape index (κ3) is 2.34. The van der Waals surface area contributed by atoms with E-state index in [2.05, 4.69) is 0 Å². The van der Waals surface area contributed by atoms with Crippen LogP contribution in [0, 0.1) is 5.82 Å². The van der Waals surface area contributed by atoms with Gasteiger partial charge >= 0.3 is 7.12 Å². The molecular weight excluding hydrogens is 260 g/mol. The van der Waals surface area contributed by atoms with E-state index in [1.54, 1.807) is 0 Å². The molecule has 2 rings (SSSR count). The first-order valence-electron chi connectivity index (χ1n) is 6.50. The van der Waals surface area contributed by atoms with Gasteiger partial charge in [0.25, 0.3) is 0 Å². The van der Waals surface area contributed by atoms with Crippen LogP contribution < -0.4 is 11.2 Å². The minimum Gasteiger partial charge on any atom is -0.399 e. The molecular formula is C14H19BFNO3. The summed E-state index contributed by atoms with van der Waals surface area (Å²) in [7, 11) is -0.848. The average Bonchev–Trinajstić information content (AvgIpc) is 2.47. The number of anilines is 1. The zero-order valence-electron chi connectivity index (χ0n) is 12.4. The summed E-state index contributed by atoms with van der Waals surface area (Å²) in [5.41, 5.74) is 5.11. The minimum atomic E-state index is -0.848. The molecule has 20 heavy (non-hydrogen) atoms. The van der Waals surface area contributed by atoms with Crippen LogP contribution in [0.25, 0.3) is 0 Å². The second kappa shape index (κ2) is 4.57. The number of carbonyl (C=O) groups is 1. The quantitative estimate of drug-likeness (QED) is 0.510. The highest BCUT2D eigenvalue weighted by molar-refractivity contribution is 6.62. The molecule has 0 radical (unpaired) electrons. The number of ketones is 1. The van der Waals surface area contributed by atoms with Crippen molar-refractivity contribution < 1.29 is 18.5 Å². The molecule has 1 aromatic rings. The van der Waals surface area contributed by atoms with Crippen molar-refractivity contribution in [2.45, 2.75) is 45.8 Å². The Hall–Kier alpha value is -1.40. The van der Waals surface area contributed by atoms with E-state index in [-0.39, 0.29) is 22.5 Å². The van der Waals surface area contributed by atoms with Crippen molar-refractivity contribution in [1.82, 2.24) is 0 Å².